The van der Waals surface area contributed by atoms with Gasteiger partial charge >= 0.3 is 0 Å². The van der Waals surface area contributed by atoms with Crippen LogP contribution >= 0.6 is 0 Å². The predicted molar refractivity (Wildman–Crippen MR) is 100 cm³/mol. The maximum Gasteiger partial charge on any atom is 0.0399 e. The van der Waals surface area contributed by atoms with Gasteiger partial charge in [-0.1, -0.05) is 71.3 Å². The Balaban J connectivity index is 2.48. The second kappa shape index (κ2) is 11.4. The van der Waals surface area contributed by atoms with Crippen molar-refractivity contribution in [1.29, 1.82) is 0 Å². The molecule has 0 unspecified atom stereocenters. The van der Waals surface area contributed by atoms with Crippen LogP contribution in [0.3, 0.4) is 0 Å². The van der Waals surface area contributed by atoms with E-state index in [9.17, 15) is 0 Å². The number of nitrogen functional groups attached to an aromatic ring is 2. The van der Waals surface area contributed by atoms with Crippen LogP contribution in [0, 0.1) is 0 Å². The first kappa shape index (κ1) is 18.9. The van der Waals surface area contributed by atoms with E-state index in [1.807, 2.05) is 0 Å². The smallest absolute Gasteiger partial charge is 0.0399 e. The Labute approximate surface area is 137 Å². The molecule has 0 radical (unpaired) electrons. The summed E-state index contributed by atoms with van der Waals surface area (Å²) in [5.74, 6) is 0. The van der Waals surface area contributed by atoms with Gasteiger partial charge in [-0.3, -0.25) is 0 Å². The molecule has 22 heavy (non-hydrogen) atoms. The Bertz CT molecular complexity index is 412. The Morgan fingerprint density at radius 2 is 1.23 bits per heavy atom. The summed E-state index contributed by atoms with van der Waals surface area (Å²) in [5, 5.41) is 0. The van der Waals surface area contributed by atoms with Crippen LogP contribution < -0.4 is 11.5 Å². The average Bonchev–Trinajstić information content (AvgIpc) is 2.51. The maximum atomic E-state index is 6.39. The molecular weight excluding hydrogens is 268 g/mol. The number of hydrogen-bond acceptors (Lipinski definition) is 2. The van der Waals surface area contributed by atoms with Crippen molar-refractivity contribution in [3.8, 4) is 0 Å². The molecule has 1 rings (SSSR count). The third-order valence-electron chi connectivity index (χ3n) is 4.56. The summed E-state index contributed by atoms with van der Waals surface area (Å²) in [6.07, 6.45) is 15.1. The van der Waals surface area contributed by atoms with Gasteiger partial charge in [0.05, 0.1) is 0 Å². The third-order valence-corrected chi connectivity index (χ3v) is 4.56. The lowest BCUT2D eigenvalue weighted by molar-refractivity contribution is 0.629. The van der Waals surface area contributed by atoms with E-state index >= 15 is 0 Å². The highest BCUT2D eigenvalue weighted by molar-refractivity contribution is 5.65. The molecule has 1 aromatic carbocycles. The molecule has 0 saturated carbocycles. The number of rotatable bonds is 12. The lowest BCUT2D eigenvalue weighted by atomic mass is 9.96. The van der Waals surface area contributed by atoms with Crippen molar-refractivity contribution in [3.05, 3.63) is 23.3 Å². The number of unbranched alkanes of at least 4 members (excludes halogenated alkanes) is 8. The molecule has 126 valence electrons. The van der Waals surface area contributed by atoms with Gasteiger partial charge in [-0.25, -0.2) is 0 Å². The molecule has 0 atom stereocenters. The first-order valence-corrected chi connectivity index (χ1v) is 9.36. The van der Waals surface area contributed by atoms with Gasteiger partial charge in [0.2, 0.25) is 0 Å². The molecular formula is C20H36N2. The van der Waals surface area contributed by atoms with E-state index in [1.165, 1.54) is 75.3 Å². The minimum Gasteiger partial charge on any atom is -0.398 e. The largest absolute Gasteiger partial charge is 0.398 e. The van der Waals surface area contributed by atoms with Gasteiger partial charge in [-0.2, -0.15) is 0 Å². The van der Waals surface area contributed by atoms with Crippen LogP contribution in [0.25, 0.3) is 0 Å². The van der Waals surface area contributed by atoms with E-state index in [2.05, 4.69) is 26.0 Å². The summed E-state index contributed by atoms with van der Waals surface area (Å²) in [5.41, 5.74) is 16.9. The second-order valence-corrected chi connectivity index (χ2v) is 6.53. The molecule has 0 amide bonds. The fourth-order valence-corrected chi connectivity index (χ4v) is 3.05. The van der Waals surface area contributed by atoms with E-state index < -0.39 is 0 Å². The van der Waals surface area contributed by atoms with Gasteiger partial charge in [0, 0.05) is 11.4 Å². The molecule has 2 heteroatoms. The van der Waals surface area contributed by atoms with E-state index in [0.717, 1.165) is 24.2 Å². The zero-order valence-electron chi connectivity index (χ0n) is 14.8. The molecule has 0 bridgehead atoms. The number of anilines is 2. The standard InChI is InChI=1S/C20H36N2/c1-3-5-7-9-11-13-17-15-16-19(21)18(20(17)22)14-12-10-8-6-4-2/h15-16H,3-14,21-22H2,1-2H3. The van der Waals surface area contributed by atoms with E-state index in [0.29, 0.717) is 0 Å². The van der Waals surface area contributed by atoms with Crippen LogP contribution in [0.1, 0.15) is 89.2 Å². The Hall–Kier alpha value is -1.18. The Morgan fingerprint density at radius 3 is 1.82 bits per heavy atom. The summed E-state index contributed by atoms with van der Waals surface area (Å²) >= 11 is 0. The number of aryl methyl sites for hydroxylation is 1. The van der Waals surface area contributed by atoms with Crippen molar-refractivity contribution >= 4 is 11.4 Å². The number of hydrogen-bond donors (Lipinski definition) is 2. The van der Waals surface area contributed by atoms with Crippen LogP contribution in [0.5, 0.6) is 0 Å². The van der Waals surface area contributed by atoms with Gasteiger partial charge in [0.1, 0.15) is 0 Å². The minimum atomic E-state index is 0.878. The summed E-state index contributed by atoms with van der Waals surface area (Å²) in [6.45, 7) is 4.50. The van der Waals surface area contributed by atoms with Crippen molar-refractivity contribution in [1.82, 2.24) is 0 Å². The molecule has 0 fully saturated rings. The van der Waals surface area contributed by atoms with Gasteiger partial charge in [-0.15, -0.1) is 0 Å². The quantitative estimate of drug-likeness (QED) is 0.374. The monoisotopic (exact) mass is 304 g/mol. The van der Waals surface area contributed by atoms with Crippen LogP contribution in [0.2, 0.25) is 0 Å². The van der Waals surface area contributed by atoms with E-state index in [-0.39, 0.29) is 0 Å². The lowest BCUT2D eigenvalue weighted by Crippen LogP contribution is -2.04. The fraction of sp³-hybridized carbons (Fsp3) is 0.700. The van der Waals surface area contributed by atoms with Crippen LogP contribution in [0.15, 0.2) is 12.1 Å². The van der Waals surface area contributed by atoms with Crippen molar-refractivity contribution in [2.75, 3.05) is 11.5 Å². The fourth-order valence-electron chi connectivity index (χ4n) is 3.05. The Kier molecular flexibility index (Phi) is 9.77. The van der Waals surface area contributed by atoms with Gasteiger partial charge in [-0.05, 0) is 42.9 Å². The van der Waals surface area contributed by atoms with Crippen molar-refractivity contribution in [2.24, 2.45) is 0 Å². The first-order chi connectivity index (χ1) is 10.7. The highest BCUT2D eigenvalue weighted by atomic mass is 14.6. The van der Waals surface area contributed by atoms with E-state index in [4.69, 9.17) is 11.5 Å². The van der Waals surface area contributed by atoms with Crippen molar-refractivity contribution in [2.45, 2.75) is 90.9 Å². The second-order valence-electron chi connectivity index (χ2n) is 6.53. The molecule has 0 heterocycles. The van der Waals surface area contributed by atoms with Crippen molar-refractivity contribution < 1.29 is 0 Å². The molecule has 0 aromatic heterocycles. The van der Waals surface area contributed by atoms with Gasteiger partial charge in [0.15, 0.2) is 0 Å². The van der Waals surface area contributed by atoms with E-state index in [1.54, 1.807) is 0 Å². The molecule has 0 aliphatic carbocycles. The summed E-state index contributed by atoms with van der Waals surface area (Å²) in [6, 6.07) is 4.18. The molecule has 0 aliphatic rings. The zero-order valence-corrected chi connectivity index (χ0v) is 14.8. The maximum absolute atomic E-state index is 6.39. The predicted octanol–water partition coefficient (Wildman–Crippen LogP) is 5.88. The zero-order chi connectivity index (χ0) is 16.2. The van der Waals surface area contributed by atoms with Crippen molar-refractivity contribution in [3.63, 3.8) is 0 Å². The summed E-state index contributed by atoms with van der Waals surface area (Å²) in [4.78, 5) is 0. The normalized spacial score (nSPS) is 11.0. The third kappa shape index (κ3) is 6.72. The molecule has 0 aliphatic heterocycles. The van der Waals surface area contributed by atoms with Gasteiger partial charge in [0.25, 0.3) is 0 Å². The lowest BCUT2D eigenvalue weighted by Gasteiger charge is -2.14. The molecule has 4 N–H and O–H groups in total. The molecule has 0 saturated heterocycles. The molecule has 1 aromatic rings. The topological polar surface area (TPSA) is 52.0 Å². The van der Waals surface area contributed by atoms with Crippen LogP contribution in [-0.2, 0) is 12.8 Å². The number of nitrogens with two attached hydrogens (primary N) is 2. The average molecular weight is 305 g/mol. The first-order valence-electron chi connectivity index (χ1n) is 9.36. The minimum absolute atomic E-state index is 0.878. The van der Waals surface area contributed by atoms with Crippen LogP contribution in [-0.4, -0.2) is 0 Å². The summed E-state index contributed by atoms with van der Waals surface area (Å²) in [7, 11) is 0. The molecule has 0 spiro atoms. The highest BCUT2D eigenvalue weighted by Crippen LogP contribution is 2.27. The summed E-state index contributed by atoms with van der Waals surface area (Å²) < 4.78 is 0. The Morgan fingerprint density at radius 1 is 0.682 bits per heavy atom. The highest BCUT2D eigenvalue weighted by Gasteiger charge is 2.09. The number of benzene rings is 1. The van der Waals surface area contributed by atoms with Crippen LogP contribution in [0.4, 0.5) is 11.4 Å². The van der Waals surface area contributed by atoms with Gasteiger partial charge < -0.3 is 11.5 Å². The SMILES string of the molecule is CCCCCCCc1ccc(N)c(CCCCCCC)c1N. The molecule has 2 nitrogen and oxygen atoms in total.